The van der Waals surface area contributed by atoms with Gasteiger partial charge in [-0.15, -0.1) is 0 Å². The Morgan fingerprint density at radius 1 is 0.966 bits per heavy atom. The van der Waals surface area contributed by atoms with Gasteiger partial charge in [-0.3, -0.25) is 4.79 Å². The van der Waals surface area contributed by atoms with Gasteiger partial charge in [0.2, 0.25) is 12.3 Å². The zero-order valence-corrected chi connectivity index (χ0v) is 16.0. The van der Waals surface area contributed by atoms with E-state index >= 15 is 0 Å². The minimum Gasteiger partial charge on any atom is -0.355 e. The summed E-state index contributed by atoms with van der Waals surface area (Å²) in [6, 6.07) is 14.1. The zero-order chi connectivity index (χ0) is 20.4. The third kappa shape index (κ3) is 4.37. The number of aliphatic hydroxyl groups excluding tert-OH is 1. The fourth-order valence-electron chi connectivity index (χ4n) is 4.56. The number of aliphatic hydroxyl groups is 1. The van der Waals surface area contributed by atoms with Crippen molar-refractivity contribution in [3.8, 4) is 0 Å². The molecule has 1 saturated carbocycles. The molecule has 152 valence electrons. The number of carbonyl (C=O) groups excluding carboxylic acids is 1. The highest BCUT2D eigenvalue weighted by Crippen LogP contribution is 2.38. The molecule has 0 spiro atoms. The molecule has 29 heavy (non-hydrogen) atoms. The van der Waals surface area contributed by atoms with Crippen LogP contribution in [0.5, 0.6) is 0 Å². The Labute approximate surface area is 168 Å². The highest BCUT2D eigenvalue weighted by atomic mass is 19.2. The van der Waals surface area contributed by atoms with Crippen LogP contribution in [0.2, 0.25) is 0 Å². The molecule has 0 bridgehead atoms. The lowest BCUT2D eigenvalue weighted by Gasteiger charge is -2.35. The summed E-state index contributed by atoms with van der Waals surface area (Å²) in [6.45, 7) is 0. The average Bonchev–Trinajstić information content (AvgIpc) is 2.73. The molecule has 2 aromatic rings. The van der Waals surface area contributed by atoms with E-state index in [2.05, 4.69) is 22.4 Å². The summed E-state index contributed by atoms with van der Waals surface area (Å²) in [5, 5.41) is 12.4. The van der Waals surface area contributed by atoms with Crippen LogP contribution in [0.15, 0.2) is 53.5 Å². The lowest BCUT2D eigenvalue weighted by molar-refractivity contribution is -0.126. The Kier molecular flexibility index (Phi) is 5.72. The summed E-state index contributed by atoms with van der Waals surface area (Å²) < 4.78 is 26.8. The zero-order valence-electron chi connectivity index (χ0n) is 16.0. The topological polar surface area (TPSA) is 61.7 Å². The molecule has 0 radical (unpaired) electrons. The molecular weight excluding hydrogens is 374 g/mol. The van der Waals surface area contributed by atoms with Crippen LogP contribution in [0.3, 0.4) is 0 Å². The first-order valence-corrected chi connectivity index (χ1v) is 10.1. The summed E-state index contributed by atoms with van der Waals surface area (Å²) in [5.74, 6) is -2.16. The van der Waals surface area contributed by atoms with Gasteiger partial charge in [-0.2, -0.15) is 0 Å². The predicted octanol–water partition coefficient (Wildman–Crippen LogP) is 3.94. The van der Waals surface area contributed by atoms with Gasteiger partial charge < -0.3 is 10.4 Å². The van der Waals surface area contributed by atoms with Gasteiger partial charge in [0, 0.05) is 5.71 Å². The lowest BCUT2D eigenvalue weighted by Crippen LogP contribution is -2.49. The predicted molar refractivity (Wildman–Crippen MR) is 106 cm³/mol. The molecule has 1 fully saturated rings. The van der Waals surface area contributed by atoms with E-state index in [1.165, 1.54) is 11.6 Å². The highest BCUT2D eigenvalue weighted by Gasteiger charge is 2.37. The monoisotopic (exact) mass is 398 g/mol. The van der Waals surface area contributed by atoms with Gasteiger partial charge in [0.1, 0.15) is 0 Å². The number of nitrogens with one attached hydrogen (secondary N) is 1. The van der Waals surface area contributed by atoms with Crippen molar-refractivity contribution >= 4 is 11.6 Å². The van der Waals surface area contributed by atoms with Crippen molar-refractivity contribution in [1.29, 1.82) is 0 Å². The van der Waals surface area contributed by atoms with Crippen molar-refractivity contribution < 1.29 is 18.7 Å². The van der Waals surface area contributed by atoms with Crippen molar-refractivity contribution in [3.05, 3.63) is 71.3 Å². The van der Waals surface area contributed by atoms with Gasteiger partial charge >= 0.3 is 0 Å². The minimum absolute atomic E-state index is 0.103. The molecule has 4 rings (SSSR count). The Balaban J connectivity index is 1.50. The van der Waals surface area contributed by atoms with Crippen LogP contribution in [0.4, 0.5) is 8.78 Å². The van der Waals surface area contributed by atoms with E-state index in [9.17, 15) is 18.7 Å². The highest BCUT2D eigenvalue weighted by molar-refractivity contribution is 6.07. The molecule has 2 unspecified atom stereocenters. The average molecular weight is 398 g/mol. The molecule has 6 heteroatoms. The van der Waals surface area contributed by atoms with E-state index in [-0.39, 0.29) is 18.2 Å². The number of hydrogen-bond acceptors (Lipinski definition) is 3. The second-order valence-electron chi connectivity index (χ2n) is 7.90. The lowest BCUT2D eigenvalue weighted by atomic mass is 9.73. The number of carbonyl (C=O) groups is 1. The van der Waals surface area contributed by atoms with Crippen LogP contribution < -0.4 is 5.32 Å². The van der Waals surface area contributed by atoms with Crippen molar-refractivity contribution in [2.45, 2.75) is 44.4 Å². The number of hydrogen-bond donors (Lipinski definition) is 2. The molecule has 1 heterocycles. The van der Waals surface area contributed by atoms with E-state index in [4.69, 9.17) is 0 Å². The molecule has 2 aromatic carbocycles. The van der Waals surface area contributed by atoms with E-state index in [1.807, 2.05) is 18.2 Å². The molecular formula is C23H24F2N2O2. The Morgan fingerprint density at radius 3 is 2.34 bits per heavy atom. The van der Waals surface area contributed by atoms with Gasteiger partial charge in [0.15, 0.2) is 11.6 Å². The largest absolute Gasteiger partial charge is 0.355 e. The summed E-state index contributed by atoms with van der Waals surface area (Å²) in [6.07, 6.45) is 2.73. The fraction of sp³-hybridized carbons (Fsp3) is 0.391. The van der Waals surface area contributed by atoms with Crippen LogP contribution >= 0.6 is 0 Å². The molecule has 2 aliphatic rings. The van der Waals surface area contributed by atoms with Gasteiger partial charge in [0.25, 0.3) is 0 Å². The van der Waals surface area contributed by atoms with Crippen LogP contribution in [-0.2, 0) is 11.2 Å². The van der Waals surface area contributed by atoms with Crippen molar-refractivity contribution in [1.82, 2.24) is 5.32 Å². The molecule has 1 amide bonds. The third-order valence-electron chi connectivity index (χ3n) is 6.06. The normalized spacial score (nSPS) is 27.3. The number of aliphatic imine (C=N–C) groups is 1. The van der Waals surface area contributed by atoms with Crippen LogP contribution in [0.25, 0.3) is 0 Å². The first-order chi connectivity index (χ1) is 14.0. The first kappa shape index (κ1) is 19.7. The van der Waals surface area contributed by atoms with Crippen molar-refractivity contribution in [2.24, 2.45) is 16.8 Å². The summed E-state index contributed by atoms with van der Waals surface area (Å²) >= 11 is 0. The second-order valence-corrected chi connectivity index (χ2v) is 7.90. The van der Waals surface area contributed by atoms with Gasteiger partial charge in [-0.05, 0) is 67.2 Å². The van der Waals surface area contributed by atoms with Gasteiger partial charge in [-0.1, -0.05) is 36.4 Å². The maximum Gasteiger partial charge on any atom is 0.232 e. The fourth-order valence-corrected chi connectivity index (χ4v) is 4.56. The Hall–Kier alpha value is -2.60. The summed E-state index contributed by atoms with van der Waals surface area (Å²) in [4.78, 5) is 16.9. The molecule has 4 nitrogen and oxygen atoms in total. The number of benzene rings is 2. The summed E-state index contributed by atoms with van der Waals surface area (Å²) in [5.41, 5.74) is 2.54. The SMILES string of the molecule is O=C1NC(O)N=C(C2CCC(c3ccccc3)CC2)C1Cc1ccc(F)c(F)c1. The number of halogens is 2. The maximum atomic E-state index is 13.6. The van der Waals surface area contributed by atoms with E-state index in [1.54, 1.807) is 0 Å². The van der Waals surface area contributed by atoms with Crippen molar-refractivity contribution in [3.63, 3.8) is 0 Å². The molecule has 1 aliphatic carbocycles. The molecule has 0 saturated heterocycles. The third-order valence-corrected chi connectivity index (χ3v) is 6.06. The van der Waals surface area contributed by atoms with E-state index < -0.39 is 23.9 Å². The molecule has 2 N–H and O–H groups in total. The molecule has 0 aromatic heterocycles. The Bertz CT molecular complexity index is 908. The maximum absolute atomic E-state index is 13.6. The van der Waals surface area contributed by atoms with Gasteiger partial charge in [0.05, 0.1) is 5.92 Å². The first-order valence-electron chi connectivity index (χ1n) is 10.1. The van der Waals surface area contributed by atoms with E-state index in [0.717, 1.165) is 37.8 Å². The number of rotatable bonds is 4. The van der Waals surface area contributed by atoms with Crippen molar-refractivity contribution in [2.75, 3.05) is 0 Å². The minimum atomic E-state index is -1.24. The Morgan fingerprint density at radius 2 is 1.66 bits per heavy atom. The van der Waals surface area contributed by atoms with Crippen LogP contribution in [-0.4, -0.2) is 23.1 Å². The van der Waals surface area contributed by atoms with E-state index in [0.29, 0.717) is 17.2 Å². The number of nitrogens with zero attached hydrogens (tertiary/aromatic N) is 1. The van der Waals surface area contributed by atoms with Gasteiger partial charge in [-0.25, -0.2) is 13.8 Å². The standard InChI is InChI=1S/C23H24F2N2O2/c24-19-11-6-14(13-20(19)25)12-18-21(26-23(29)27-22(18)28)17-9-7-16(8-10-17)15-4-2-1-3-5-15/h1-6,11,13,16-18,23,29H,7-10,12H2,(H,27,28). The number of amides is 1. The smallest absolute Gasteiger partial charge is 0.232 e. The molecule has 1 aliphatic heterocycles. The van der Waals surface area contributed by atoms with Crippen LogP contribution in [0, 0.1) is 23.5 Å². The van der Waals surface area contributed by atoms with Crippen LogP contribution in [0.1, 0.15) is 42.7 Å². The molecule has 2 atom stereocenters. The summed E-state index contributed by atoms with van der Waals surface area (Å²) in [7, 11) is 0. The second kappa shape index (κ2) is 8.41. The quantitative estimate of drug-likeness (QED) is 0.819.